The number of nitro benzene ring substituents is 1. The fourth-order valence-corrected chi connectivity index (χ4v) is 4.69. The number of nitrogens with zero attached hydrogens (tertiary/aromatic N) is 2. The topological polar surface area (TPSA) is 148 Å². The lowest BCUT2D eigenvalue weighted by Crippen LogP contribution is -2.46. The molecule has 0 atom stereocenters. The number of hydrogen-bond acceptors (Lipinski definition) is 8. The minimum absolute atomic E-state index is 0.0234. The maximum Gasteiger partial charge on any atom is 0.284 e. The Hall–Kier alpha value is -3.02. The van der Waals surface area contributed by atoms with E-state index in [-0.39, 0.29) is 34.1 Å². The largest absolute Gasteiger partial charge is 0.383 e. The number of piperazine rings is 1. The van der Waals surface area contributed by atoms with Crippen molar-refractivity contribution in [3.05, 3.63) is 58.1 Å². The number of nitrogens with two attached hydrogens (primary N) is 1. The monoisotopic (exact) mass is 433 g/mol. The van der Waals surface area contributed by atoms with Gasteiger partial charge in [-0.1, -0.05) is 18.2 Å². The first-order valence-corrected chi connectivity index (χ1v) is 10.9. The molecule has 1 saturated heterocycles. The Balaban J connectivity index is 2.18. The summed E-state index contributed by atoms with van der Waals surface area (Å²) < 4.78 is 26.5. The number of benzene rings is 2. The molecule has 1 aliphatic heterocycles. The van der Waals surface area contributed by atoms with Crippen molar-refractivity contribution in [3.63, 3.8) is 0 Å². The van der Waals surface area contributed by atoms with E-state index in [9.17, 15) is 23.3 Å². The molecule has 2 aromatic carbocycles. The molecule has 11 heteroatoms. The van der Waals surface area contributed by atoms with Crippen molar-refractivity contribution >= 4 is 27.1 Å². The lowest BCUT2D eigenvalue weighted by Gasteiger charge is -2.27. The number of carbonyl (C=O) groups is 1. The van der Waals surface area contributed by atoms with Crippen molar-refractivity contribution in [2.45, 2.75) is 9.79 Å². The molecule has 0 bridgehead atoms. The van der Waals surface area contributed by atoms with E-state index in [2.05, 4.69) is 10.6 Å². The summed E-state index contributed by atoms with van der Waals surface area (Å²) in [4.78, 5) is 25.3. The number of rotatable bonds is 7. The molecule has 0 saturated carbocycles. The van der Waals surface area contributed by atoms with Gasteiger partial charge in [0.1, 0.15) is 5.56 Å². The third-order valence-corrected chi connectivity index (χ3v) is 6.54. The van der Waals surface area contributed by atoms with Crippen LogP contribution in [0.15, 0.2) is 52.3 Å². The molecule has 2 aromatic rings. The van der Waals surface area contributed by atoms with Gasteiger partial charge < -0.3 is 21.3 Å². The fourth-order valence-electron chi connectivity index (χ4n) is 3.22. The molecule has 1 aliphatic rings. The molecule has 0 radical (unpaired) electrons. The second-order valence-electron chi connectivity index (χ2n) is 6.70. The van der Waals surface area contributed by atoms with Crippen molar-refractivity contribution < 1.29 is 18.1 Å². The molecule has 0 spiro atoms. The van der Waals surface area contributed by atoms with E-state index < -0.39 is 26.4 Å². The highest BCUT2D eigenvalue weighted by Gasteiger charge is 2.31. The van der Waals surface area contributed by atoms with E-state index in [1.807, 2.05) is 0 Å². The quantitative estimate of drug-likeness (QED) is 0.430. The van der Waals surface area contributed by atoms with Crippen LogP contribution in [-0.4, -0.2) is 63.4 Å². The van der Waals surface area contributed by atoms with Crippen LogP contribution in [0.2, 0.25) is 0 Å². The Morgan fingerprint density at radius 1 is 1.20 bits per heavy atom. The number of anilines is 1. The maximum atomic E-state index is 13.3. The SMILES string of the molecule is NCCNc1cc([N+](=O)[O-])c(C(=O)N2CCNCC2)cc1S(=O)(=O)c1ccccc1. The van der Waals surface area contributed by atoms with Crippen LogP contribution in [0.1, 0.15) is 10.4 Å². The van der Waals surface area contributed by atoms with E-state index in [1.165, 1.54) is 17.0 Å². The van der Waals surface area contributed by atoms with Gasteiger partial charge in [-0.25, -0.2) is 8.42 Å². The molecular formula is C19H23N5O5S. The van der Waals surface area contributed by atoms with Gasteiger partial charge in [-0.05, 0) is 18.2 Å². The number of nitro groups is 1. The molecule has 1 amide bonds. The number of carbonyl (C=O) groups excluding carboxylic acids is 1. The van der Waals surface area contributed by atoms with Gasteiger partial charge in [-0.3, -0.25) is 14.9 Å². The van der Waals surface area contributed by atoms with Crippen LogP contribution in [0.4, 0.5) is 11.4 Å². The Labute approximate surface area is 174 Å². The van der Waals surface area contributed by atoms with E-state index >= 15 is 0 Å². The van der Waals surface area contributed by atoms with Crippen LogP contribution in [0.3, 0.4) is 0 Å². The molecule has 4 N–H and O–H groups in total. The van der Waals surface area contributed by atoms with Crippen molar-refractivity contribution in [1.82, 2.24) is 10.2 Å². The summed E-state index contributed by atoms with van der Waals surface area (Å²) in [7, 11) is -4.04. The fraction of sp³-hybridized carbons (Fsp3) is 0.316. The van der Waals surface area contributed by atoms with Gasteiger partial charge in [-0.2, -0.15) is 0 Å². The third-order valence-electron chi connectivity index (χ3n) is 4.73. The molecule has 30 heavy (non-hydrogen) atoms. The molecule has 0 aliphatic carbocycles. The lowest BCUT2D eigenvalue weighted by atomic mass is 10.1. The maximum absolute atomic E-state index is 13.3. The van der Waals surface area contributed by atoms with Crippen molar-refractivity contribution in [3.8, 4) is 0 Å². The second-order valence-corrected chi connectivity index (χ2v) is 8.61. The average Bonchev–Trinajstić information content (AvgIpc) is 2.77. The zero-order valence-electron chi connectivity index (χ0n) is 16.2. The molecule has 3 rings (SSSR count). The first-order chi connectivity index (χ1) is 14.4. The average molecular weight is 433 g/mol. The van der Waals surface area contributed by atoms with Crippen LogP contribution in [-0.2, 0) is 9.84 Å². The van der Waals surface area contributed by atoms with Crippen molar-refractivity contribution in [1.29, 1.82) is 0 Å². The van der Waals surface area contributed by atoms with Crippen LogP contribution in [0.5, 0.6) is 0 Å². The summed E-state index contributed by atoms with van der Waals surface area (Å²) in [6.45, 7) is 2.28. The highest BCUT2D eigenvalue weighted by atomic mass is 32.2. The zero-order chi connectivity index (χ0) is 21.7. The predicted octanol–water partition coefficient (Wildman–Crippen LogP) is 0.844. The highest BCUT2D eigenvalue weighted by molar-refractivity contribution is 7.91. The molecule has 0 unspecified atom stereocenters. The Kier molecular flexibility index (Phi) is 6.65. The second kappa shape index (κ2) is 9.20. The van der Waals surface area contributed by atoms with Gasteiger partial charge in [0, 0.05) is 45.3 Å². The van der Waals surface area contributed by atoms with E-state index in [4.69, 9.17) is 5.73 Å². The van der Waals surface area contributed by atoms with Crippen LogP contribution in [0.25, 0.3) is 0 Å². The minimum atomic E-state index is -4.04. The standard InChI is InChI=1S/C19H23N5O5S/c20-6-7-22-16-13-17(24(26)27)15(19(25)23-10-8-21-9-11-23)12-18(16)30(28,29)14-4-2-1-3-5-14/h1-5,12-13,21-22H,6-11,20H2. The van der Waals surface area contributed by atoms with Gasteiger partial charge in [0.15, 0.2) is 0 Å². The molecule has 1 fully saturated rings. The number of hydrogen-bond donors (Lipinski definition) is 3. The normalized spacial score (nSPS) is 14.4. The first-order valence-electron chi connectivity index (χ1n) is 9.42. The first kappa shape index (κ1) is 21.7. The summed E-state index contributed by atoms with van der Waals surface area (Å²) in [5.74, 6) is -0.571. The van der Waals surface area contributed by atoms with Crippen molar-refractivity contribution in [2.24, 2.45) is 5.73 Å². The van der Waals surface area contributed by atoms with Gasteiger partial charge in [0.2, 0.25) is 9.84 Å². The van der Waals surface area contributed by atoms with E-state index in [1.54, 1.807) is 18.2 Å². The minimum Gasteiger partial charge on any atom is -0.383 e. The van der Waals surface area contributed by atoms with Crippen molar-refractivity contribution in [2.75, 3.05) is 44.6 Å². The number of amides is 1. The number of nitrogens with one attached hydrogen (secondary N) is 2. The Morgan fingerprint density at radius 2 is 1.87 bits per heavy atom. The third kappa shape index (κ3) is 4.42. The zero-order valence-corrected chi connectivity index (χ0v) is 17.0. The molecule has 10 nitrogen and oxygen atoms in total. The molecule has 0 aromatic heterocycles. The molecule has 1 heterocycles. The van der Waals surface area contributed by atoms with Crippen LogP contribution in [0, 0.1) is 10.1 Å². The summed E-state index contributed by atoms with van der Waals surface area (Å²) >= 11 is 0. The van der Waals surface area contributed by atoms with Gasteiger partial charge in [0.25, 0.3) is 11.6 Å². The summed E-state index contributed by atoms with van der Waals surface area (Å²) in [6.07, 6.45) is 0. The molecular weight excluding hydrogens is 410 g/mol. The Morgan fingerprint density at radius 3 is 2.47 bits per heavy atom. The summed E-state index contributed by atoms with van der Waals surface area (Å²) in [5, 5.41) is 17.6. The molecule has 160 valence electrons. The van der Waals surface area contributed by atoms with Crippen LogP contribution >= 0.6 is 0 Å². The smallest absolute Gasteiger partial charge is 0.284 e. The Bertz CT molecular complexity index is 1040. The van der Waals surface area contributed by atoms with Gasteiger partial charge >= 0.3 is 0 Å². The summed E-state index contributed by atoms with van der Waals surface area (Å²) in [5.41, 5.74) is 4.83. The number of sulfone groups is 1. The van der Waals surface area contributed by atoms with E-state index in [0.717, 1.165) is 12.1 Å². The van der Waals surface area contributed by atoms with E-state index in [0.29, 0.717) is 26.2 Å². The summed E-state index contributed by atoms with van der Waals surface area (Å²) in [6, 6.07) is 9.91. The van der Waals surface area contributed by atoms with Crippen LogP contribution < -0.4 is 16.4 Å². The van der Waals surface area contributed by atoms with Gasteiger partial charge in [0.05, 0.1) is 20.4 Å². The highest BCUT2D eigenvalue weighted by Crippen LogP contribution is 2.34. The lowest BCUT2D eigenvalue weighted by molar-refractivity contribution is -0.385. The predicted molar refractivity (Wildman–Crippen MR) is 111 cm³/mol. The van der Waals surface area contributed by atoms with Gasteiger partial charge in [-0.15, -0.1) is 0 Å².